The molecule has 1 saturated carbocycles. The number of hydrogen-bond donors (Lipinski definition) is 0. The highest BCUT2D eigenvalue weighted by Crippen LogP contribution is 2.47. The van der Waals surface area contributed by atoms with Crippen LogP contribution >= 0.6 is 0 Å². The Morgan fingerprint density at radius 2 is 1.87 bits per heavy atom. The van der Waals surface area contributed by atoms with Crippen molar-refractivity contribution in [2.75, 3.05) is 0 Å². The van der Waals surface area contributed by atoms with E-state index in [9.17, 15) is 0 Å². The van der Waals surface area contributed by atoms with Crippen LogP contribution in [0, 0.1) is 5.92 Å². The van der Waals surface area contributed by atoms with Gasteiger partial charge in [-0.15, -0.1) is 0 Å². The summed E-state index contributed by atoms with van der Waals surface area (Å²) < 4.78 is 0. The highest BCUT2D eigenvalue weighted by atomic mass is 15.2. The third-order valence-electron chi connectivity index (χ3n) is 4.52. The van der Waals surface area contributed by atoms with Crippen molar-refractivity contribution in [3.63, 3.8) is 0 Å². The van der Waals surface area contributed by atoms with Gasteiger partial charge in [0.15, 0.2) is 0 Å². The Balaban J connectivity index is 1.95. The van der Waals surface area contributed by atoms with Gasteiger partial charge in [0.1, 0.15) is 0 Å². The van der Waals surface area contributed by atoms with Crippen molar-refractivity contribution < 1.29 is 0 Å². The summed E-state index contributed by atoms with van der Waals surface area (Å²) in [6, 6.07) is 0.791. The Labute approximate surface area is 92.8 Å². The number of nitrogens with zero attached hydrogens (tertiary/aromatic N) is 1. The maximum absolute atomic E-state index is 4.02. The molecule has 1 heterocycles. The van der Waals surface area contributed by atoms with Crippen LogP contribution in [0.2, 0.25) is 0 Å². The van der Waals surface area contributed by atoms with Crippen molar-refractivity contribution in [3.05, 3.63) is 24.0 Å². The fraction of sp³-hybridized carbons (Fsp3) is 0.714. The van der Waals surface area contributed by atoms with Crippen molar-refractivity contribution >= 4 is 0 Å². The van der Waals surface area contributed by atoms with Crippen LogP contribution in [0.5, 0.6) is 0 Å². The molecule has 2 unspecified atom stereocenters. The van der Waals surface area contributed by atoms with Crippen molar-refractivity contribution in [1.82, 2.24) is 4.90 Å². The molecule has 0 aromatic carbocycles. The monoisotopic (exact) mass is 203 g/mol. The zero-order chi connectivity index (χ0) is 10.3. The van der Waals surface area contributed by atoms with Crippen molar-refractivity contribution in [2.45, 2.75) is 57.4 Å². The first-order chi connectivity index (χ1) is 7.42. The zero-order valence-corrected chi connectivity index (χ0v) is 9.54. The van der Waals surface area contributed by atoms with Crippen LogP contribution in [-0.4, -0.2) is 10.9 Å². The average molecular weight is 203 g/mol. The topological polar surface area (TPSA) is 3.24 Å². The second-order valence-corrected chi connectivity index (χ2v) is 5.23. The van der Waals surface area contributed by atoms with Gasteiger partial charge in [-0.25, -0.2) is 0 Å². The first-order valence-electron chi connectivity index (χ1n) is 6.54. The normalized spacial score (nSPS) is 35.1. The minimum absolute atomic E-state index is 0.791. The standard InChI is InChI=1S/C14H21N/c1-2-15-13-9-5-3-7-11(13)12-8-4-6-10-14(12)15/h2,11,13H,1,3-10H2. The summed E-state index contributed by atoms with van der Waals surface area (Å²) in [4.78, 5) is 2.53. The Kier molecular flexibility index (Phi) is 2.34. The molecule has 1 heteroatoms. The molecule has 82 valence electrons. The summed E-state index contributed by atoms with van der Waals surface area (Å²) in [5, 5.41) is 0. The number of allylic oxidation sites excluding steroid dienone is 1. The Morgan fingerprint density at radius 1 is 1.07 bits per heavy atom. The molecule has 15 heavy (non-hydrogen) atoms. The minimum Gasteiger partial charge on any atom is -0.348 e. The molecule has 2 aliphatic carbocycles. The SMILES string of the molecule is C=CN1C2=C(CCCC2)C2CCCCC21. The van der Waals surface area contributed by atoms with Crippen LogP contribution in [0.25, 0.3) is 0 Å². The molecule has 1 aliphatic heterocycles. The van der Waals surface area contributed by atoms with Crippen LogP contribution < -0.4 is 0 Å². The van der Waals surface area contributed by atoms with E-state index in [1.54, 1.807) is 5.70 Å². The smallest absolute Gasteiger partial charge is 0.0399 e. The molecule has 0 N–H and O–H groups in total. The van der Waals surface area contributed by atoms with Gasteiger partial charge in [0.05, 0.1) is 0 Å². The van der Waals surface area contributed by atoms with Gasteiger partial charge in [-0.05, 0) is 50.3 Å². The summed E-state index contributed by atoms with van der Waals surface area (Å²) in [6.45, 7) is 4.02. The number of rotatable bonds is 1. The molecule has 3 rings (SSSR count). The molecule has 0 aromatic heterocycles. The lowest BCUT2D eigenvalue weighted by molar-refractivity contribution is 0.237. The summed E-state index contributed by atoms with van der Waals surface area (Å²) in [5.74, 6) is 0.895. The van der Waals surface area contributed by atoms with Gasteiger partial charge in [0, 0.05) is 17.7 Å². The minimum atomic E-state index is 0.791. The summed E-state index contributed by atoms with van der Waals surface area (Å²) in [7, 11) is 0. The second-order valence-electron chi connectivity index (χ2n) is 5.23. The van der Waals surface area contributed by atoms with Gasteiger partial charge >= 0.3 is 0 Å². The fourth-order valence-electron chi connectivity index (χ4n) is 3.90. The molecule has 1 fully saturated rings. The van der Waals surface area contributed by atoms with Crippen LogP contribution in [0.3, 0.4) is 0 Å². The largest absolute Gasteiger partial charge is 0.348 e. The second kappa shape index (κ2) is 3.70. The average Bonchev–Trinajstić information content (AvgIpc) is 2.63. The van der Waals surface area contributed by atoms with Gasteiger partial charge in [-0.3, -0.25) is 0 Å². The van der Waals surface area contributed by atoms with E-state index < -0.39 is 0 Å². The Hall–Kier alpha value is -0.720. The molecule has 0 radical (unpaired) electrons. The van der Waals surface area contributed by atoms with E-state index in [-0.39, 0.29) is 0 Å². The van der Waals surface area contributed by atoms with Gasteiger partial charge in [-0.1, -0.05) is 19.4 Å². The maximum Gasteiger partial charge on any atom is 0.0399 e. The highest BCUT2D eigenvalue weighted by molar-refractivity contribution is 5.29. The molecule has 2 atom stereocenters. The fourth-order valence-corrected chi connectivity index (χ4v) is 3.90. The van der Waals surface area contributed by atoms with Crippen LogP contribution in [0.1, 0.15) is 51.4 Å². The van der Waals surface area contributed by atoms with Gasteiger partial charge in [-0.2, -0.15) is 0 Å². The summed E-state index contributed by atoms with van der Waals surface area (Å²) in [6.07, 6.45) is 13.3. The lowest BCUT2D eigenvalue weighted by atomic mass is 9.79. The Bertz CT molecular complexity index is 302. The predicted octanol–water partition coefficient (Wildman–Crippen LogP) is 3.83. The zero-order valence-electron chi connectivity index (χ0n) is 9.54. The van der Waals surface area contributed by atoms with E-state index in [0.717, 1.165) is 12.0 Å². The summed E-state index contributed by atoms with van der Waals surface area (Å²) >= 11 is 0. The van der Waals surface area contributed by atoms with E-state index in [4.69, 9.17) is 0 Å². The van der Waals surface area contributed by atoms with Crippen molar-refractivity contribution in [1.29, 1.82) is 0 Å². The lowest BCUT2D eigenvalue weighted by Gasteiger charge is -2.32. The van der Waals surface area contributed by atoms with E-state index in [2.05, 4.69) is 17.7 Å². The summed E-state index contributed by atoms with van der Waals surface area (Å²) in [5.41, 5.74) is 3.47. The van der Waals surface area contributed by atoms with E-state index in [0.29, 0.717) is 0 Å². The molecule has 3 aliphatic rings. The molecule has 1 nitrogen and oxygen atoms in total. The van der Waals surface area contributed by atoms with E-state index in [1.807, 2.05) is 5.57 Å². The van der Waals surface area contributed by atoms with Gasteiger partial charge < -0.3 is 4.90 Å². The first kappa shape index (κ1) is 9.50. The molecule has 0 bridgehead atoms. The Morgan fingerprint density at radius 3 is 2.73 bits per heavy atom. The van der Waals surface area contributed by atoms with Gasteiger partial charge in [0.25, 0.3) is 0 Å². The van der Waals surface area contributed by atoms with Crippen LogP contribution in [-0.2, 0) is 0 Å². The van der Waals surface area contributed by atoms with E-state index in [1.165, 1.54) is 51.4 Å². The maximum atomic E-state index is 4.02. The van der Waals surface area contributed by atoms with Crippen molar-refractivity contribution in [3.8, 4) is 0 Å². The van der Waals surface area contributed by atoms with Crippen LogP contribution in [0.15, 0.2) is 24.0 Å². The van der Waals surface area contributed by atoms with E-state index >= 15 is 0 Å². The lowest BCUT2D eigenvalue weighted by Crippen LogP contribution is -2.32. The molecule has 0 aromatic rings. The third kappa shape index (κ3) is 1.36. The van der Waals surface area contributed by atoms with Crippen molar-refractivity contribution in [2.24, 2.45) is 5.92 Å². The predicted molar refractivity (Wildman–Crippen MR) is 63.3 cm³/mol. The third-order valence-corrected chi connectivity index (χ3v) is 4.52. The molecular weight excluding hydrogens is 182 g/mol. The van der Waals surface area contributed by atoms with Crippen LogP contribution in [0.4, 0.5) is 0 Å². The quantitative estimate of drug-likeness (QED) is 0.626. The molecule has 0 spiro atoms. The number of fused-ring (bicyclic) bond motifs is 2. The first-order valence-corrected chi connectivity index (χ1v) is 6.54. The molecular formula is C14H21N. The molecule has 0 amide bonds. The molecule has 0 saturated heterocycles. The highest BCUT2D eigenvalue weighted by Gasteiger charge is 2.40. The van der Waals surface area contributed by atoms with Gasteiger partial charge in [0.2, 0.25) is 0 Å². The number of hydrogen-bond acceptors (Lipinski definition) is 1.